The Kier molecular flexibility index (Phi) is 4.02. The predicted octanol–water partition coefficient (Wildman–Crippen LogP) is 2.99. The molecular formula is C13H13ClN2O2. The van der Waals surface area contributed by atoms with Crippen molar-refractivity contribution >= 4 is 11.6 Å². The summed E-state index contributed by atoms with van der Waals surface area (Å²) in [6, 6.07) is 10.6. The van der Waals surface area contributed by atoms with Crippen LogP contribution in [-0.2, 0) is 6.54 Å². The van der Waals surface area contributed by atoms with E-state index in [1.54, 1.807) is 37.4 Å². The van der Waals surface area contributed by atoms with E-state index in [0.717, 1.165) is 5.56 Å². The SMILES string of the molecule is COc1cccc(Oc2ccc(CN)c(Cl)c2)n1. The van der Waals surface area contributed by atoms with Crippen molar-refractivity contribution in [3.05, 3.63) is 47.0 Å². The minimum atomic E-state index is 0.399. The number of benzene rings is 1. The highest BCUT2D eigenvalue weighted by molar-refractivity contribution is 6.31. The van der Waals surface area contributed by atoms with Gasteiger partial charge in [0.1, 0.15) is 5.75 Å². The van der Waals surface area contributed by atoms with E-state index in [1.165, 1.54) is 0 Å². The second-order valence-electron chi connectivity index (χ2n) is 3.58. The molecule has 0 fully saturated rings. The monoisotopic (exact) mass is 264 g/mol. The fraction of sp³-hybridized carbons (Fsp3) is 0.154. The second-order valence-corrected chi connectivity index (χ2v) is 3.98. The van der Waals surface area contributed by atoms with Gasteiger partial charge in [0.25, 0.3) is 0 Å². The highest BCUT2D eigenvalue weighted by Gasteiger charge is 2.04. The van der Waals surface area contributed by atoms with Crippen molar-refractivity contribution in [3.63, 3.8) is 0 Å². The molecule has 18 heavy (non-hydrogen) atoms. The number of methoxy groups -OCH3 is 1. The molecule has 0 amide bonds. The summed E-state index contributed by atoms with van der Waals surface area (Å²) in [6.07, 6.45) is 0. The van der Waals surface area contributed by atoms with Crippen molar-refractivity contribution in [1.29, 1.82) is 0 Å². The van der Waals surface area contributed by atoms with Crippen molar-refractivity contribution in [2.24, 2.45) is 5.73 Å². The fourth-order valence-electron chi connectivity index (χ4n) is 1.44. The maximum atomic E-state index is 6.05. The van der Waals surface area contributed by atoms with Crippen molar-refractivity contribution in [3.8, 4) is 17.5 Å². The topological polar surface area (TPSA) is 57.4 Å². The number of halogens is 1. The van der Waals surface area contributed by atoms with Crippen molar-refractivity contribution in [2.45, 2.75) is 6.54 Å². The number of hydrogen-bond acceptors (Lipinski definition) is 4. The summed E-state index contributed by atoms with van der Waals surface area (Å²) >= 11 is 6.05. The van der Waals surface area contributed by atoms with Gasteiger partial charge in [0, 0.05) is 23.7 Å². The first-order chi connectivity index (χ1) is 8.72. The Morgan fingerprint density at radius 1 is 1.22 bits per heavy atom. The Morgan fingerprint density at radius 3 is 2.67 bits per heavy atom. The molecule has 5 heteroatoms. The Balaban J connectivity index is 2.20. The van der Waals surface area contributed by atoms with Gasteiger partial charge in [-0.2, -0.15) is 4.98 Å². The van der Waals surface area contributed by atoms with Gasteiger partial charge in [0.05, 0.1) is 7.11 Å². The second kappa shape index (κ2) is 5.71. The molecule has 0 aliphatic heterocycles. The number of pyridine rings is 1. The van der Waals surface area contributed by atoms with E-state index in [2.05, 4.69) is 4.98 Å². The molecule has 1 heterocycles. The van der Waals surface area contributed by atoms with Crippen LogP contribution in [0, 0.1) is 0 Å². The number of nitrogens with two attached hydrogens (primary N) is 1. The first kappa shape index (κ1) is 12.7. The molecule has 0 aliphatic rings. The third-order valence-corrected chi connectivity index (χ3v) is 2.73. The third-order valence-electron chi connectivity index (χ3n) is 2.37. The maximum Gasteiger partial charge on any atom is 0.222 e. The first-order valence-electron chi connectivity index (χ1n) is 5.40. The minimum Gasteiger partial charge on any atom is -0.481 e. The quantitative estimate of drug-likeness (QED) is 0.922. The van der Waals surface area contributed by atoms with Crippen LogP contribution in [-0.4, -0.2) is 12.1 Å². The van der Waals surface area contributed by atoms with Crippen LogP contribution in [0.4, 0.5) is 0 Å². The number of aromatic nitrogens is 1. The summed E-state index contributed by atoms with van der Waals surface area (Å²) in [7, 11) is 1.55. The lowest BCUT2D eigenvalue weighted by Gasteiger charge is -2.08. The van der Waals surface area contributed by atoms with Gasteiger partial charge in [-0.15, -0.1) is 0 Å². The van der Waals surface area contributed by atoms with Crippen LogP contribution in [0.3, 0.4) is 0 Å². The molecule has 0 atom stereocenters. The maximum absolute atomic E-state index is 6.05. The van der Waals surface area contributed by atoms with Crippen molar-refractivity contribution in [1.82, 2.24) is 4.98 Å². The zero-order valence-electron chi connectivity index (χ0n) is 9.89. The van der Waals surface area contributed by atoms with Gasteiger partial charge in [-0.3, -0.25) is 0 Å². The Morgan fingerprint density at radius 2 is 2.00 bits per heavy atom. The molecule has 0 saturated carbocycles. The number of ether oxygens (including phenoxy) is 2. The van der Waals surface area contributed by atoms with E-state index < -0.39 is 0 Å². The van der Waals surface area contributed by atoms with Gasteiger partial charge in [-0.05, 0) is 17.7 Å². The molecule has 1 aromatic heterocycles. The van der Waals surface area contributed by atoms with Crippen molar-refractivity contribution in [2.75, 3.05) is 7.11 Å². The zero-order valence-corrected chi connectivity index (χ0v) is 10.6. The molecular weight excluding hydrogens is 252 g/mol. The van der Waals surface area contributed by atoms with Gasteiger partial charge < -0.3 is 15.2 Å². The smallest absolute Gasteiger partial charge is 0.222 e. The van der Waals surface area contributed by atoms with Gasteiger partial charge in [-0.1, -0.05) is 23.7 Å². The molecule has 0 spiro atoms. The Bertz CT molecular complexity index is 546. The molecule has 94 valence electrons. The molecule has 0 saturated heterocycles. The van der Waals surface area contributed by atoms with Crippen LogP contribution >= 0.6 is 11.6 Å². The Hall–Kier alpha value is -1.78. The fourth-order valence-corrected chi connectivity index (χ4v) is 1.69. The molecule has 0 aliphatic carbocycles. The molecule has 1 aromatic carbocycles. The van der Waals surface area contributed by atoms with E-state index in [1.807, 2.05) is 6.07 Å². The van der Waals surface area contributed by atoms with Crippen LogP contribution in [0.2, 0.25) is 5.02 Å². The van der Waals surface area contributed by atoms with Gasteiger partial charge in [0.15, 0.2) is 0 Å². The largest absolute Gasteiger partial charge is 0.481 e. The number of nitrogens with zero attached hydrogens (tertiary/aromatic N) is 1. The van der Waals surface area contributed by atoms with E-state index in [-0.39, 0.29) is 0 Å². The lowest BCUT2D eigenvalue weighted by Crippen LogP contribution is -1.97. The Labute approximate surface area is 110 Å². The zero-order chi connectivity index (χ0) is 13.0. The van der Waals surface area contributed by atoms with Crippen molar-refractivity contribution < 1.29 is 9.47 Å². The number of hydrogen-bond donors (Lipinski definition) is 1. The van der Waals surface area contributed by atoms with Gasteiger partial charge >= 0.3 is 0 Å². The molecule has 2 rings (SSSR count). The highest BCUT2D eigenvalue weighted by atomic mass is 35.5. The summed E-state index contributed by atoms with van der Waals surface area (Å²) < 4.78 is 10.6. The first-order valence-corrected chi connectivity index (χ1v) is 5.78. The average molecular weight is 265 g/mol. The standard InChI is InChI=1S/C13H13ClN2O2/c1-17-12-3-2-4-13(16-12)18-10-6-5-9(8-15)11(14)7-10/h2-7H,8,15H2,1H3. The third kappa shape index (κ3) is 2.91. The normalized spacial score (nSPS) is 10.2. The molecule has 0 bridgehead atoms. The number of rotatable bonds is 4. The average Bonchev–Trinajstić information content (AvgIpc) is 2.39. The molecule has 2 N–H and O–H groups in total. The highest BCUT2D eigenvalue weighted by Crippen LogP contribution is 2.26. The van der Waals surface area contributed by atoms with E-state index in [0.29, 0.717) is 29.1 Å². The minimum absolute atomic E-state index is 0.399. The van der Waals surface area contributed by atoms with E-state index in [4.69, 9.17) is 26.8 Å². The molecule has 4 nitrogen and oxygen atoms in total. The van der Waals surface area contributed by atoms with Crippen LogP contribution in [0.15, 0.2) is 36.4 Å². The van der Waals surface area contributed by atoms with Gasteiger partial charge in [0.2, 0.25) is 11.8 Å². The molecule has 2 aromatic rings. The molecule has 0 unspecified atom stereocenters. The van der Waals surface area contributed by atoms with E-state index in [9.17, 15) is 0 Å². The lowest BCUT2D eigenvalue weighted by atomic mass is 10.2. The lowest BCUT2D eigenvalue weighted by molar-refractivity contribution is 0.383. The van der Waals surface area contributed by atoms with Gasteiger partial charge in [-0.25, -0.2) is 0 Å². The summed E-state index contributed by atoms with van der Waals surface area (Å²) in [6.45, 7) is 0.399. The summed E-state index contributed by atoms with van der Waals surface area (Å²) in [5.74, 6) is 1.56. The van der Waals surface area contributed by atoms with Crippen LogP contribution < -0.4 is 15.2 Å². The molecule has 0 radical (unpaired) electrons. The van der Waals surface area contributed by atoms with Crippen LogP contribution in [0.25, 0.3) is 0 Å². The predicted molar refractivity (Wildman–Crippen MR) is 70.2 cm³/mol. The summed E-state index contributed by atoms with van der Waals surface area (Å²) in [5, 5.41) is 0.581. The van der Waals surface area contributed by atoms with Crippen LogP contribution in [0.5, 0.6) is 17.5 Å². The summed E-state index contributed by atoms with van der Waals surface area (Å²) in [5.41, 5.74) is 6.41. The van der Waals surface area contributed by atoms with Crippen LogP contribution in [0.1, 0.15) is 5.56 Å². The van der Waals surface area contributed by atoms with E-state index >= 15 is 0 Å². The summed E-state index contributed by atoms with van der Waals surface area (Å²) in [4.78, 5) is 4.15.